The van der Waals surface area contributed by atoms with Gasteiger partial charge in [-0.05, 0) is 36.4 Å². The molecule has 21 heavy (non-hydrogen) atoms. The van der Waals surface area contributed by atoms with Crippen LogP contribution in [-0.2, 0) is 10.0 Å². The third-order valence-corrected chi connectivity index (χ3v) is 4.21. The molecule has 2 aromatic rings. The Labute approximate surface area is 124 Å². The average Bonchev–Trinajstić information content (AvgIpc) is 2.43. The van der Waals surface area contributed by atoms with Crippen molar-refractivity contribution in [1.82, 2.24) is 0 Å². The summed E-state index contributed by atoms with van der Waals surface area (Å²) in [6, 6.07) is 7.65. The number of anilines is 1. The fraction of sp³-hybridized carbons (Fsp3) is 0. The summed E-state index contributed by atoms with van der Waals surface area (Å²) >= 11 is 5.55. The normalized spacial score (nSPS) is 11.0. The van der Waals surface area contributed by atoms with Crippen LogP contribution in [0.15, 0.2) is 41.3 Å². The highest BCUT2D eigenvalue weighted by Crippen LogP contribution is 2.23. The van der Waals surface area contributed by atoms with Crippen LogP contribution in [0.1, 0.15) is 5.56 Å². The molecule has 108 valence electrons. The van der Waals surface area contributed by atoms with Crippen molar-refractivity contribution in [3.8, 4) is 6.07 Å². The summed E-state index contributed by atoms with van der Waals surface area (Å²) in [5, 5.41) is 8.46. The van der Waals surface area contributed by atoms with Gasteiger partial charge in [-0.1, -0.05) is 11.6 Å². The van der Waals surface area contributed by atoms with E-state index in [2.05, 4.69) is 4.72 Å². The third-order valence-electron chi connectivity index (χ3n) is 2.54. The first kappa shape index (κ1) is 15.2. The quantitative estimate of drug-likeness (QED) is 0.939. The molecule has 0 atom stereocenters. The maximum Gasteiger partial charge on any atom is 0.261 e. The van der Waals surface area contributed by atoms with Gasteiger partial charge in [0, 0.05) is 0 Å². The molecule has 0 aliphatic rings. The second-order valence-electron chi connectivity index (χ2n) is 3.99. The van der Waals surface area contributed by atoms with E-state index in [1.54, 1.807) is 6.07 Å². The monoisotopic (exact) mass is 328 g/mol. The van der Waals surface area contributed by atoms with Crippen LogP contribution in [0, 0.1) is 23.0 Å². The van der Waals surface area contributed by atoms with Crippen molar-refractivity contribution < 1.29 is 17.2 Å². The summed E-state index contributed by atoms with van der Waals surface area (Å²) < 4.78 is 52.6. The number of benzene rings is 2. The zero-order valence-electron chi connectivity index (χ0n) is 10.3. The molecule has 0 heterocycles. The summed E-state index contributed by atoms with van der Waals surface area (Å²) in [6.45, 7) is 0. The summed E-state index contributed by atoms with van der Waals surface area (Å²) in [4.78, 5) is -0.291. The largest absolute Gasteiger partial charge is 0.280 e. The molecule has 0 bridgehead atoms. The van der Waals surface area contributed by atoms with Crippen LogP contribution >= 0.6 is 11.6 Å². The van der Waals surface area contributed by atoms with Crippen molar-refractivity contribution >= 4 is 27.3 Å². The number of nitriles is 1. The molecule has 0 unspecified atom stereocenters. The molecule has 0 aromatic heterocycles. The lowest BCUT2D eigenvalue weighted by atomic mass is 10.2. The van der Waals surface area contributed by atoms with Gasteiger partial charge in [0.2, 0.25) is 0 Å². The average molecular weight is 329 g/mol. The van der Waals surface area contributed by atoms with Crippen molar-refractivity contribution in [3.05, 3.63) is 58.6 Å². The lowest BCUT2D eigenvalue weighted by Crippen LogP contribution is -2.13. The fourth-order valence-corrected chi connectivity index (χ4v) is 2.79. The molecule has 1 N–H and O–H groups in total. The van der Waals surface area contributed by atoms with Crippen LogP contribution in [0.5, 0.6) is 0 Å². The second kappa shape index (κ2) is 5.68. The van der Waals surface area contributed by atoms with Gasteiger partial charge in [0.1, 0.15) is 17.7 Å². The third kappa shape index (κ3) is 3.29. The number of halogens is 3. The Kier molecular flexibility index (Phi) is 4.11. The van der Waals surface area contributed by atoms with Crippen LogP contribution in [0.4, 0.5) is 14.5 Å². The first-order chi connectivity index (χ1) is 9.83. The van der Waals surface area contributed by atoms with Crippen LogP contribution in [0.2, 0.25) is 5.02 Å². The smallest absolute Gasteiger partial charge is 0.261 e. The van der Waals surface area contributed by atoms with Crippen molar-refractivity contribution in [2.45, 2.75) is 4.90 Å². The predicted octanol–water partition coefficient (Wildman–Crippen LogP) is 3.29. The molecule has 4 nitrogen and oxygen atoms in total. The highest BCUT2D eigenvalue weighted by atomic mass is 35.5. The van der Waals surface area contributed by atoms with E-state index in [1.165, 1.54) is 6.07 Å². The number of sulfonamides is 1. The van der Waals surface area contributed by atoms with Gasteiger partial charge in [-0.15, -0.1) is 0 Å². The zero-order chi connectivity index (χ0) is 15.6. The Morgan fingerprint density at radius 1 is 1.10 bits per heavy atom. The van der Waals surface area contributed by atoms with E-state index in [4.69, 9.17) is 16.9 Å². The summed E-state index contributed by atoms with van der Waals surface area (Å²) in [7, 11) is -4.04. The van der Waals surface area contributed by atoms with Crippen molar-refractivity contribution in [1.29, 1.82) is 5.26 Å². The zero-order valence-corrected chi connectivity index (χ0v) is 11.8. The molecule has 0 fully saturated rings. The first-order valence-electron chi connectivity index (χ1n) is 5.51. The molecule has 0 spiro atoms. The minimum absolute atomic E-state index is 0.0456. The van der Waals surface area contributed by atoms with Gasteiger partial charge in [-0.3, -0.25) is 4.72 Å². The molecule has 2 aromatic carbocycles. The van der Waals surface area contributed by atoms with Gasteiger partial charge in [-0.2, -0.15) is 5.26 Å². The summed E-state index contributed by atoms with van der Waals surface area (Å²) in [5.74, 6) is -1.51. The standard InChI is InChI=1S/C13H7ClF2N2O2S/c14-11-6-9(1-3-13(11)16)18-21(19,20)10-2-4-12(15)8(5-10)7-17/h1-6,18H. The molecule has 0 saturated heterocycles. The SMILES string of the molecule is N#Cc1cc(S(=O)(=O)Nc2ccc(F)c(Cl)c2)ccc1F. The van der Waals surface area contributed by atoms with Crippen LogP contribution < -0.4 is 4.72 Å². The van der Waals surface area contributed by atoms with E-state index < -0.39 is 27.2 Å². The molecular formula is C13H7ClF2N2O2S. The lowest BCUT2D eigenvalue weighted by molar-refractivity contribution is 0.599. The number of rotatable bonds is 3. The van der Waals surface area contributed by atoms with Crippen molar-refractivity contribution in [2.24, 2.45) is 0 Å². The van der Waals surface area contributed by atoms with E-state index in [0.717, 1.165) is 30.3 Å². The number of hydrogen-bond donors (Lipinski definition) is 1. The minimum atomic E-state index is -4.04. The van der Waals surface area contributed by atoms with E-state index >= 15 is 0 Å². The fourth-order valence-electron chi connectivity index (χ4n) is 1.53. The molecule has 0 aliphatic carbocycles. The van der Waals surface area contributed by atoms with Gasteiger partial charge in [0.05, 0.1) is 21.2 Å². The number of nitrogens with one attached hydrogen (secondary N) is 1. The first-order valence-corrected chi connectivity index (χ1v) is 7.37. The molecule has 0 aliphatic heterocycles. The van der Waals surface area contributed by atoms with Crippen LogP contribution in [-0.4, -0.2) is 8.42 Å². The Balaban J connectivity index is 2.38. The Bertz CT molecular complexity index is 848. The maximum atomic E-state index is 13.2. The molecule has 0 saturated carbocycles. The minimum Gasteiger partial charge on any atom is -0.280 e. The summed E-state index contributed by atoms with van der Waals surface area (Å²) in [6.07, 6.45) is 0. The van der Waals surface area contributed by atoms with Gasteiger partial charge in [0.15, 0.2) is 0 Å². The van der Waals surface area contributed by atoms with Crippen LogP contribution in [0.3, 0.4) is 0 Å². The highest BCUT2D eigenvalue weighted by Gasteiger charge is 2.17. The summed E-state index contributed by atoms with van der Waals surface area (Å²) in [5.41, 5.74) is -0.348. The predicted molar refractivity (Wildman–Crippen MR) is 73.3 cm³/mol. The van der Waals surface area contributed by atoms with Gasteiger partial charge >= 0.3 is 0 Å². The van der Waals surface area contributed by atoms with Crippen LogP contribution in [0.25, 0.3) is 0 Å². The lowest BCUT2D eigenvalue weighted by Gasteiger charge is -2.09. The van der Waals surface area contributed by atoms with Crippen molar-refractivity contribution in [2.75, 3.05) is 4.72 Å². The molecule has 2 rings (SSSR count). The number of hydrogen-bond acceptors (Lipinski definition) is 3. The topological polar surface area (TPSA) is 70.0 Å². The highest BCUT2D eigenvalue weighted by molar-refractivity contribution is 7.92. The Morgan fingerprint density at radius 3 is 2.38 bits per heavy atom. The van der Waals surface area contributed by atoms with Gasteiger partial charge in [-0.25, -0.2) is 17.2 Å². The molecular weight excluding hydrogens is 322 g/mol. The van der Waals surface area contributed by atoms with Gasteiger partial charge < -0.3 is 0 Å². The van der Waals surface area contributed by atoms with Crippen molar-refractivity contribution in [3.63, 3.8) is 0 Å². The van der Waals surface area contributed by atoms with E-state index in [-0.39, 0.29) is 15.6 Å². The van der Waals surface area contributed by atoms with E-state index in [1.807, 2.05) is 0 Å². The number of nitrogens with zero attached hydrogens (tertiary/aromatic N) is 1. The maximum absolute atomic E-state index is 13.2. The molecule has 0 amide bonds. The second-order valence-corrected chi connectivity index (χ2v) is 6.08. The Hall–Kier alpha value is -2.17. The molecule has 0 radical (unpaired) electrons. The molecule has 8 heteroatoms. The van der Waals surface area contributed by atoms with E-state index in [9.17, 15) is 17.2 Å². The van der Waals surface area contributed by atoms with E-state index in [0.29, 0.717) is 0 Å². The Morgan fingerprint density at radius 2 is 1.76 bits per heavy atom. The van der Waals surface area contributed by atoms with Gasteiger partial charge in [0.25, 0.3) is 10.0 Å².